The van der Waals surface area contributed by atoms with E-state index >= 15 is 0 Å². The molecule has 0 bridgehead atoms. The number of fused-ring (bicyclic) bond motifs is 1. The van der Waals surface area contributed by atoms with Crippen molar-refractivity contribution in [1.29, 1.82) is 0 Å². The molecule has 3 aromatic rings. The third-order valence-electron chi connectivity index (χ3n) is 6.20. The first-order chi connectivity index (χ1) is 16.2. The Morgan fingerprint density at radius 2 is 1.94 bits per heavy atom. The van der Waals surface area contributed by atoms with E-state index in [2.05, 4.69) is 63.1 Å². The van der Waals surface area contributed by atoms with E-state index in [1.165, 1.54) is 11.3 Å². The number of aryl methyl sites for hydroxylation is 2. The Hall–Kier alpha value is -2.47. The van der Waals surface area contributed by atoms with Crippen LogP contribution in [-0.2, 0) is 22.4 Å². The van der Waals surface area contributed by atoms with Crippen LogP contribution in [0.1, 0.15) is 51.8 Å². The van der Waals surface area contributed by atoms with Crippen LogP contribution in [0.25, 0.3) is 10.9 Å². The minimum atomic E-state index is -0.442. The lowest BCUT2D eigenvalue weighted by atomic mass is 9.87. The molecule has 0 spiro atoms. The largest absolute Gasteiger partial charge is 0.460 e. The van der Waals surface area contributed by atoms with Gasteiger partial charge in [-0.3, -0.25) is 14.8 Å². The van der Waals surface area contributed by atoms with Crippen molar-refractivity contribution in [3.63, 3.8) is 0 Å². The van der Waals surface area contributed by atoms with Gasteiger partial charge in [-0.25, -0.2) is 0 Å². The molecule has 5 nitrogen and oxygen atoms in total. The number of aromatic nitrogens is 2. The number of halogens is 1. The second-order valence-corrected chi connectivity index (χ2v) is 11.5. The third kappa shape index (κ3) is 6.56. The van der Waals surface area contributed by atoms with Gasteiger partial charge in [0.05, 0.1) is 11.9 Å². The molecule has 180 valence electrons. The third-order valence-corrected chi connectivity index (χ3v) is 6.70. The SMILES string of the molecule is C[C@@H]1C[C@H](CC(=O)OC(C)(C)C)CN(c2ccncc2CCc2ccc3ccc(Br)cc3n2)C1. The Labute approximate surface area is 211 Å². The number of ether oxygens (including phenoxy) is 1. The second kappa shape index (κ2) is 10.4. The van der Waals surface area contributed by atoms with Crippen LogP contribution < -0.4 is 4.90 Å². The van der Waals surface area contributed by atoms with Crippen molar-refractivity contribution in [2.75, 3.05) is 18.0 Å². The molecule has 4 rings (SSSR count). The summed E-state index contributed by atoms with van der Waals surface area (Å²) in [7, 11) is 0. The summed E-state index contributed by atoms with van der Waals surface area (Å²) in [5.74, 6) is 0.707. The molecule has 1 aromatic carbocycles. The van der Waals surface area contributed by atoms with Gasteiger partial charge in [0, 0.05) is 46.7 Å². The molecule has 0 aliphatic carbocycles. The summed E-state index contributed by atoms with van der Waals surface area (Å²) in [6.45, 7) is 9.90. The van der Waals surface area contributed by atoms with Crippen LogP contribution in [0.4, 0.5) is 5.69 Å². The zero-order valence-electron chi connectivity index (χ0n) is 20.6. The van der Waals surface area contributed by atoms with Gasteiger partial charge in [0.2, 0.25) is 0 Å². The molecule has 1 saturated heterocycles. The van der Waals surface area contributed by atoms with Gasteiger partial charge in [-0.05, 0) is 81.7 Å². The smallest absolute Gasteiger partial charge is 0.306 e. The van der Waals surface area contributed by atoms with E-state index in [4.69, 9.17) is 9.72 Å². The van der Waals surface area contributed by atoms with E-state index in [0.717, 1.165) is 53.4 Å². The number of anilines is 1. The summed E-state index contributed by atoms with van der Waals surface area (Å²) >= 11 is 3.54. The molecule has 6 heteroatoms. The molecule has 0 amide bonds. The Morgan fingerprint density at radius 3 is 2.74 bits per heavy atom. The Bertz CT molecular complexity index is 1160. The van der Waals surface area contributed by atoms with Gasteiger partial charge < -0.3 is 9.64 Å². The summed E-state index contributed by atoms with van der Waals surface area (Å²) in [4.78, 5) is 24.2. The van der Waals surface area contributed by atoms with Crippen LogP contribution in [0.5, 0.6) is 0 Å². The number of benzene rings is 1. The highest BCUT2D eigenvalue weighted by atomic mass is 79.9. The van der Waals surface area contributed by atoms with Crippen LogP contribution in [0, 0.1) is 11.8 Å². The maximum atomic E-state index is 12.5. The zero-order chi connectivity index (χ0) is 24.3. The fraction of sp³-hybridized carbons (Fsp3) is 0.464. The lowest BCUT2D eigenvalue weighted by molar-refractivity contribution is -0.156. The van der Waals surface area contributed by atoms with E-state index in [1.54, 1.807) is 0 Å². The predicted octanol–water partition coefficient (Wildman–Crippen LogP) is 6.37. The number of pyridine rings is 2. The molecule has 2 aromatic heterocycles. The fourth-order valence-corrected chi connectivity index (χ4v) is 5.25. The summed E-state index contributed by atoms with van der Waals surface area (Å²) in [6.07, 6.45) is 7.09. The monoisotopic (exact) mass is 523 g/mol. The topological polar surface area (TPSA) is 55.3 Å². The number of rotatable bonds is 6. The lowest BCUT2D eigenvalue weighted by Gasteiger charge is -2.38. The van der Waals surface area contributed by atoms with E-state index in [9.17, 15) is 4.79 Å². The summed E-state index contributed by atoms with van der Waals surface area (Å²) in [5.41, 5.74) is 4.09. The number of hydrogen-bond acceptors (Lipinski definition) is 5. The van der Waals surface area contributed by atoms with Crippen LogP contribution in [0.3, 0.4) is 0 Å². The van der Waals surface area contributed by atoms with Gasteiger partial charge in [-0.1, -0.05) is 35.0 Å². The van der Waals surface area contributed by atoms with Crippen LogP contribution in [0.2, 0.25) is 0 Å². The molecule has 0 saturated carbocycles. The van der Waals surface area contributed by atoms with E-state index in [1.807, 2.05) is 39.2 Å². The summed E-state index contributed by atoms with van der Waals surface area (Å²) in [6, 6.07) is 12.6. The first-order valence-electron chi connectivity index (χ1n) is 12.1. The molecule has 1 aliphatic rings. The fourth-order valence-electron chi connectivity index (χ4n) is 4.90. The highest BCUT2D eigenvalue weighted by Crippen LogP contribution is 2.31. The average Bonchev–Trinajstić information content (AvgIpc) is 2.75. The number of nitrogens with zero attached hydrogens (tertiary/aromatic N) is 3. The van der Waals surface area contributed by atoms with E-state index in [-0.39, 0.29) is 5.97 Å². The number of carbonyl (C=O) groups excluding carboxylic acids is 1. The van der Waals surface area contributed by atoms with Gasteiger partial charge in [0.1, 0.15) is 5.60 Å². The number of piperidine rings is 1. The van der Waals surface area contributed by atoms with Crippen LogP contribution in [-0.4, -0.2) is 34.6 Å². The maximum Gasteiger partial charge on any atom is 0.306 e. The minimum absolute atomic E-state index is 0.101. The molecule has 3 heterocycles. The molecule has 0 N–H and O–H groups in total. The van der Waals surface area contributed by atoms with Gasteiger partial charge in [-0.2, -0.15) is 0 Å². The standard InChI is InChI=1S/C28H34BrN3O2/c1-19-13-20(14-27(33)34-28(2,3)4)18-32(17-19)26-11-12-30-16-22(26)7-10-24-9-6-21-5-8-23(29)15-25(21)31-24/h5-6,8-9,11-12,15-16,19-20H,7,10,13-14,17-18H2,1-4H3/t19-,20-/m1/s1. The predicted molar refractivity (Wildman–Crippen MR) is 141 cm³/mol. The minimum Gasteiger partial charge on any atom is -0.460 e. The molecule has 0 radical (unpaired) electrons. The van der Waals surface area contributed by atoms with Gasteiger partial charge in [-0.15, -0.1) is 0 Å². The number of carbonyl (C=O) groups is 1. The number of esters is 1. The first kappa shape index (κ1) is 24.6. The Kier molecular flexibility index (Phi) is 7.56. The quantitative estimate of drug-likeness (QED) is 0.351. The van der Waals surface area contributed by atoms with Gasteiger partial charge in [0.25, 0.3) is 0 Å². The van der Waals surface area contributed by atoms with Gasteiger partial charge >= 0.3 is 5.97 Å². The van der Waals surface area contributed by atoms with Crippen molar-refractivity contribution >= 4 is 38.5 Å². The molecule has 1 fully saturated rings. The van der Waals surface area contributed by atoms with Crippen LogP contribution in [0.15, 0.2) is 53.3 Å². The molecule has 34 heavy (non-hydrogen) atoms. The maximum absolute atomic E-state index is 12.5. The van der Waals surface area contributed by atoms with Crippen molar-refractivity contribution in [1.82, 2.24) is 9.97 Å². The van der Waals surface area contributed by atoms with E-state index < -0.39 is 5.60 Å². The molecule has 1 aliphatic heterocycles. The van der Waals surface area contributed by atoms with Crippen molar-refractivity contribution in [3.8, 4) is 0 Å². The second-order valence-electron chi connectivity index (χ2n) is 10.5. The normalized spacial score (nSPS) is 18.8. The summed E-state index contributed by atoms with van der Waals surface area (Å²) in [5, 5.41) is 1.15. The molecule has 0 unspecified atom stereocenters. The molecular formula is C28H34BrN3O2. The zero-order valence-corrected chi connectivity index (χ0v) is 22.1. The van der Waals surface area contributed by atoms with Crippen molar-refractivity contribution in [2.45, 2.75) is 59.0 Å². The molecular weight excluding hydrogens is 490 g/mol. The van der Waals surface area contributed by atoms with E-state index in [0.29, 0.717) is 18.3 Å². The molecule has 2 atom stereocenters. The highest BCUT2D eigenvalue weighted by molar-refractivity contribution is 9.10. The number of hydrogen-bond donors (Lipinski definition) is 0. The average molecular weight is 525 g/mol. The first-order valence-corrected chi connectivity index (χ1v) is 12.9. The summed E-state index contributed by atoms with van der Waals surface area (Å²) < 4.78 is 6.63. The van der Waals surface area contributed by atoms with Gasteiger partial charge in [0.15, 0.2) is 0 Å². The van der Waals surface area contributed by atoms with Crippen LogP contribution >= 0.6 is 15.9 Å². The van der Waals surface area contributed by atoms with Crippen molar-refractivity contribution in [3.05, 3.63) is 64.5 Å². The Morgan fingerprint density at radius 1 is 1.15 bits per heavy atom. The van der Waals surface area contributed by atoms with Crippen molar-refractivity contribution in [2.24, 2.45) is 11.8 Å². The lowest BCUT2D eigenvalue weighted by Crippen LogP contribution is -2.41. The highest BCUT2D eigenvalue weighted by Gasteiger charge is 2.29. The Balaban J connectivity index is 1.46. The van der Waals surface area contributed by atoms with Crippen molar-refractivity contribution < 1.29 is 9.53 Å².